The maximum absolute atomic E-state index is 14.3. The van der Waals surface area contributed by atoms with Gasteiger partial charge in [-0.15, -0.1) is 11.3 Å². The Labute approximate surface area is 140 Å². The lowest BCUT2D eigenvalue weighted by Gasteiger charge is -2.16. The summed E-state index contributed by atoms with van der Waals surface area (Å²) in [6.45, 7) is 2.06. The van der Waals surface area contributed by atoms with Crippen LogP contribution in [0.15, 0.2) is 47.3 Å². The Morgan fingerprint density at radius 1 is 1.09 bits per heavy atom. The van der Waals surface area contributed by atoms with Crippen molar-refractivity contribution in [3.05, 3.63) is 68.8 Å². The molecule has 23 heavy (non-hydrogen) atoms. The van der Waals surface area contributed by atoms with Crippen LogP contribution in [0.25, 0.3) is 21.7 Å². The van der Waals surface area contributed by atoms with Crippen molar-refractivity contribution in [2.75, 3.05) is 0 Å². The van der Waals surface area contributed by atoms with Crippen molar-refractivity contribution >= 4 is 22.9 Å². The summed E-state index contributed by atoms with van der Waals surface area (Å²) >= 11 is 7.27. The van der Waals surface area contributed by atoms with Crippen LogP contribution >= 0.6 is 22.9 Å². The van der Waals surface area contributed by atoms with Gasteiger partial charge in [0, 0.05) is 23.1 Å². The van der Waals surface area contributed by atoms with Gasteiger partial charge >= 0.3 is 0 Å². The minimum Gasteiger partial charge on any atom is -0.308 e. The van der Waals surface area contributed by atoms with Gasteiger partial charge in [-0.05, 0) is 37.3 Å². The lowest BCUT2D eigenvalue weighted by molar-refractivity contribution is 0.584. The van der Waals surface area contributed by atoms with E-state index in [-0.39, 0.29) is 16.8 Å². The fourth-order valence-corrected chi connectivity index (χ4v) is 3.61. The minimum absolute atomic E-state index is 0.202. The van der Waals surface area contributed by atoms with Gasteiger partial charge in [0.05, 0.1) is 15.6 Å². The van der Waals surface area contributed by atoms with E-state index in [4.69, 9.17) is 11.6 Å². The number of halogens is 3. The zero-order valence-electron chi connectivity index (χ0n) is 12.1. The van der Waals surface area contributed by atoms with E-state index < -0.39 is 11.6 Å². The molecular weight excluding hydrogens is 340 g/mol. The van der Waals surface area contributed by atoms with Gasteiger partial charge in [-0.1, -0.05) is 17.7 Å². The fraction of sp³-hybridized carbons (Fsp3) is 0.118. The van der Waals surface area contributed by atoms with E-state index in [1.54, 1.807) is 25.1 Å². The topological polar surface area (TPSA) is 22.0 Å². The first-order valence-electron chi connectivity index (χ1n) is 6.97. The average Bonchev–Trinajstić information content (AvgIpc) is 2.94. The van der Waals surface area contributed by atoms with E-state index in [1.165, 1.54) is 40.2 Å². The molecule has 2 nitrogen and oxygen atoms in total. The minimum atomic E-state index is -0.707. The molecule has 0 N–H and O–H groups in total. The number of hydrogen-bond acceptors (Lipinski definition) is 2. The molecule has 6 heteroatoms. The predicted octanol–water partition coefficient (Wildman–Crippen LogP) is 5.20. The lowest BCUT2D eigenvalue weighted by atomic mass is 10.0. The van der Waals surface area contributed by atoms with Crippen LogP contribution in [-0.4, -0.2) is 4.57 Å². The number of benzene rings is 1. The van der Waals surface area contributed by atoms with Crippen molar-refractivity contribution in [3.63, 3.8) is 0 Å². The zero-order valence-corrected chi connectivity index (χ0v) is 13.7. The Bertz CT molecular complexity index is 912. The van der Waals surface area contributed by atoms with E-state index in [9.17, 15) is 13.6 Å². The molecule has 1 aromatic carbocycles. The van der Waals surface area contributed by atoms with Gasteiger partial charge in [0.1, 0.15) is 11.6 Å². The summed E-state index contributed by atoms with van der Waals surface area (Å²) in [4.78, 5) is 12.9. The van der Waals surface area contributed by atoms with Crippen LogP contribution in [0.4, 0.5) is 8.78 Å². The second-order valence-corrected chi connectivity index (χ2v) is 6.59. The Hall–Kier alpha value is -1.98. The molecule has 0 radical (unpaired) electrons. The normalized spacial score (nSPS) is 11.0. The zero-order chi connectivity index (χ0) is 16.6. The molecule has 0 fully saturated rings. The molecule has 0 saturated heterocycles. The predicted molar refractivity (Wildman–Crippen MR) is 90.1 cm³/mol. The molecule has 0 saturated carbocycles. The molecule has 0 spiro atoms. The first kappa shape index (κ1) is 15.9. The van der Waals surface area contributed by atoms with Crippen LogP contribution in [0.3, 0.4) is 0 Å². The summed E-state index contributed by atoms with van der Waals surface area (Å²) in [5.74, 6) is -1.41. The van der Waals surface area contributed by atoms with Crippen molar-refractivity contribution in [2.24, 2.45) is 0 Å². The van der Waals surface area contributed by atoms with Crippen molar-refractivity contribution in [1.82, 2.24) is 4.57 Å². The summed E-state index contributed by atoms with van der Waals surface area (Å²) in [5, 5.41) is 0. The highest BCUT2D eigenvalue weighted by molar-refractivity contribution is 7.19. The summed E-state index contributed by atoms with van der Waals surface area (Å²) in [6, 6.07) is 10.1. The molecular formula is C17H12ClF2NOS. The molecule has 3 rings (SSSR count). The lowest BCUT2D eigenvalue weighted by Crippen LogP contribution is -2.21. The second kappa shape index (κ2) is 6.26. The fourth-order valence-electron chi connectivity index (χ4n) is 2.54. The van der Waals surface area contributed by atoms with Gasteiger partial charge in [-0.25, -0.2) is 8.78 Å². The molecule has 118 valence electrons. The van der Waals surface area contributed by atoms with E-state index in [1.807, 2.05) is 0 Å². The van der Waals surface area contributed by atoms with Crippen LogP contribution in [0.5, 0.6) is 0 Å². The van der Waals surface area contributed by atoms with Crippen molar-refractivity contribution in [3.8, 4) is 21.7 Å². The van der Waals surface area contributed by atoms with Crippen molar-refractivity contribution < 1.29 is 8.78 Å². The molecule has 0 bridgehead atoms. The molecule has 0 aliphatic rings. The van der Waals surface area contributed by atoms with Gasteiger partial charge in [0.2, 0.25) is 0 Å². The molecule has 0 aliphatic carbocycles. The summed E-state index contributed by atoms with van der Waals surface area (Å²) < 4.78 is 30.5. The highest BCUT2D eigenvalue weighted by Crippen LogP contribution is 2.38. The third-order valence-corrected chi connectivity index (χ3v) is 4.80. The van der Waals surface area contributed by atoms with Crippen LogP contribution in [0, 0.1) is 11.6 Å². The average molecular weight is 352 g/mol. The number of rotatable bonds is 3. The number of nitrogens with zero attached hydrogens (tertiary/aromatic N) is 1. The molecule has 0 aliphatic heterocycles. The SMILES string of the molecule is CCn1c(-c2c(F)cccc2F)c(-c2ccc(Cl)s2)ccc1=O. The molecule has 0 amide bonds. The molecule has 0 unspecified atom stereocenters. The maximum atomic E-state index is 14.3. The molecule has 3 aromatic rings. The monoisotopic (exact) mass is 351 g/mol. The second-order valence-electron chi connectivity index (χ2n) is 4.88. The Balaban J connectivity index is 2.42. The van der Waals surface area contributed by atoms with E-state index >= 15 is 0 Å². The Morgan fingerprint density at radius 3 is 2.35 bits per heavy atom. The van der Waals surface area contributed by atoms with Gasteiger partial charge in [0.15, 0.2) is 0 Å². The van der Waals surface area contributed by atoms with Gasteiger partial charge in [0.25, 0.3) is 5.56 Å². The van der Waals surface area contributed by atoms with Gasteiger partial charge < -0.3 is 4.57 Å². The van der Waals surface area contributed by atoms with Gasteiger partial charge in [-0.2, -0.15) is 0 Å². The number of thiophene rings is 1. The highest BCUT2D eigenvalue weighted by atomic mass is 35.5. The quantitative estimate of drug-likeness (QED) is 0.636. The maximum Gasteiger partial charge on any atom is 0.251 e. The summed E-state index contributed by atoms with van der Waals surface area (Å²) in [6.07, 6.45) is 0. The third kappa shape index (κ3) is 2.82. The number of pyridine rings is 1. The van der Waals surface area contributed by atoms with Crippen LogP contribution in [0.2, 0.25) is 4.34 Å². The summed E-state index contributed by atoms with van der Waals surface area (Å²) in [5.41, 5.74) is 0.296. The van der Waals surface area contributed by atoms with E-state index in [0.717, 1.165) is 4.88 Å². The molecule has 0 atom stereocenters. The van der Waals surface area contributed by atoms with E-state index in [2.05, 4.69) is 0 Å². The van der Waals surface area contributed by atoms with Crippen LogP contribution in [-0.2, 0) is 6.54 Å². The van der Waals surface area contributed by atoms with E-state index in [0.29, 0.717) is 16.4 Å². The van der Waals surface area contributed by atoms with Crippen molar-refractivity contribution in [1.29, 1.82) is 0 Å². The Morgan fingerprint density at radius 2 is 1.78 bits per heavy atom. The number of aromatic nitrogens is 1. The van der Waals surface area contributed by atoms with Crippen molar-refractivity contribution in [2.45, 2.75) is 13.5 Å². The Kier molecular flexibility index (Phi) is 4.33. The first-order valence-corrected chi connectivity index (χ1v) is 8.16. The molecule has 2 heterocycles. The standard InChI is InChI=1S/C17H12ClF2NOS/c1-2-21-15(22)9-6-10(13-7-8-14(18)23-13)17(21)16-11(19)4-3-5-12(16)20/h3-9H,2H2,1H3. The highest BCUT2D eigenvalue weighted by Gasteiger charge is 2.20. The van der Waals surface area contributed by atoms with Crippen LogP contribution in [0.1, 0.15) is 6.92 Å². The summed E-state index contributed by atoms with van der Waals surface area (Å²) in [7, 11) is 0. The largest absolute Gasteiger partial charge is 0.308 e. The number of hydrogen-bond donors (Lipinski definition) is 0. The third-order valence-electron chi connectivity index (χ3n) is 3.54. The smallest absolute Gasteiger partial charge is 0.251 e. The van der Waals surface area contributed by atoms with Gasteiger partial charge in [-0.3, -0.25) is 4.79 Å². The molecule has 2 aromatic heterocycles. The van der Waals surface area contributed by atoms with Crippen LogP contribution < -0.4 is 5.56 Å². The first-order chi connectivity index (χ1) is 11.0.